The van der Waals surface area contributed by atoms with Crippen LogP contribution in [0.4, 0.5) is 0 Å². The van der Waals surface area contributed by atoms with Gasteiger partial charge >= 0.3 is 5.97 Å². The van der Waals surface area contributed by atoms with Gasteiger partial charge in [-0.3, -0.25) is 4.79 Å². The zero-order chi connectivity index (χ0) is 8.88. The van der Waals surface area contributed by atoms with Crippen molar-refractivity contribution in [1.82, 2.24) is 4.90 Å². The van der Waals surface area contributed by atoms with E-state index in [4.69, 9.17) is 5.11 Å². The molecule has 4 nitrogen and oxygen atoms in total. The molecule has 3 aliphatic rings. The van der Waals surface area contributed by atoms with Gasteiger partial charge in [-0.2, -0.15) is 0 Å². The molecular formula is C8H11NO3. The number of hydrogen-bond donors (Lipinski definition) is 1. The van der Waals surface area contributed by atoms with Gasteiger partial charge in [0.05, 0.1) is 0 Å². The van der Waals surface area contributed by atoms with E-state index in [1.807, 2.05) is 0 Å². The molecule has 2 heterocycles. The maximum absolute atomic E-state index is 11.1. The Bertz CT molecular complexity index is 221. The molecule has 0 radical (unpaired) electrons. The van der Waals surface area contributed by atoms with Crippen molar-refractivity contribution in [1.29, 1.82) is 0 Å². The number of rotatable bonds is 1. The first kappa shape index (κ1) is 7.58. The molecular weight excluding hydrogens is 158 g/mol. The van der Waals surface area contributed by atoms with Gasteiger partial charge in [0.25, 0.3) is 0 Å². The Kier molecular flexibility index (Phi) is 1.40. The zero-order valence-corrected chi connectivity index (χ0v) is 6.86. The third kappa shape index (κ3) is 0.777. The Labute approximate surface area is 70.2 Å². The lowest BCUT2D eigenvalue weighted by Crippen LogP contribution is -2.39. The Morgan fingerprint density at radius 3 is 2.33 bits per heavy atom. The quantitative estimate of drug-likeness (QED) is 0.604. The van der Waals surface area contributed by atoms with Crippen molar-refractivity contribution in [2.75, 3.05) is 0 Å². The van der Waals surface area contributed by atoms with Gasteiger partial charge in [0.15, 0.2) is 0 Å². The number of amides is 1. The third-order valence-electron chi connectivity index (χ3n) is 2.91. The average Bonchev–Trinajstić information content (AvgIpc) is 2.34. The summed E-state index contributed by atoms with van der Waals surface area (Å²) >= 11 is 0. The molecule has 1 atom stereocenters. The molecule has 3 fully saturated rings. The van der Waals surface area contributed by atoms with Crippen LogP contribution < -0.4 is 0 Å². The minimum absolute atomic E-state index is 0.104. The molecule has 1 saturated carbocycles. The Morgan fingerprint density at radius 1 is 1.42 bits per heavy atom. The molecule has 0 aromatic rings. The van der Waals surface area contributed by atoms with E-state index in [-0.39, 0.29) is 17.9 Å². The standard InChI is InChI=1S/C8H11NO3/c1-4(10)9-6-2-5(3-6)7(9)8(11)12/h5-7H,2-3H2,1H3,(H,11,12)/t5?,6?,7-/m0/s1. The van der Waals surface area contributed by atoms with Crippen molar-refractivity contribution in [3.63, 3.8) is 0 Å². The number of carbonyl (C=O) groups excluding carboxylic acids is 1. The summed E-state index contributed by atoms with van der Waals surface area (Å²) in [5.74, 6) is -0.737. The molecule has 1 amide bonds. The topological polar surface area (TPSA) is 57.6 Å². The second-order valence-corrected chi connectivity index (χ2v) is 3.59. The predicted octanol–water partition coefficient (Wildman–Crippen LogP) is 0.0803. The number of hydrogen-bond acceptors (Lipinski definition) is 2. The summed E-state index contributed by atoms with van der Waals surface area (Å²) in [6.07, 6.45) is 1.77. The van der Waals surface area contributed by atoms with Gasteiger partial charge in [-0.05, 0) is 18.8 Å². The first-order valence-electron chi connectivity index (χ1n) is 4.13. The summed E-state index contributed by atoms with van der Waals surface area (Å²) in [4.78, 5) is 23.3. The van der Waals surface area contributed by atoms with E-state index < -0.39 is 12.0 Å². The summed E-state index contributed by atoms with van der Waals surface area (Å²) in [6, 6.07) is -0.318. The van der Waals surface area contributed by atoms with Crippen molar-refractivity contribution in [2.45, 2.75) is 31.8 Å². The Hall–Kier alpha value is -1.06. The van der Waals surface area contributed by atoms with Crippen LogP contribution in [0, 0.1) is 5.92 Å². The first-order chi connectivity index (χ1) is 5.61. The smallest absolute Gasteiger partial charge is 0.326 e. The SMILES string of the molecule is CC(=O)N1C2CC(C2)[C@H]1C(=O)O. The van der Waals surface area contributed by atoms with E-state index in [1.165, 1.54) is 11.8 Å². The van der Waals surface area contributed by atoms with E-state index in [0.29, 0.717) is 0 Å². The molecule has 2 bridgehead atoms. The van der Waals surface area contributed by atoms with Crippen LogP contribution in [-0.2, 0) is 9.59 Å². The first-order valence-corrected chi connectivity index (χ1v) is 4.13. The van der Waals surface area contributed by atoms with Crippen molar-refractivity contribution in [2.24, 2.45) is 5.92 Å². The second-order valence-electron chi connectivity index (χ2n) is 3.59. The molecule has 1 aliphatic carbocycles. The van der Waals surface area contributed by atoms with Crippen LogP contribution in [0.3, 0.4) is 0 Å². The van der Waals surface area contributed by atoms with E-state index in [1.54, 1.807) is 0 Å². The maximum atomic E-state index is 11.1. The molecule has 0 aromatic carbocycles. The van der Waals surface area contributed by atoms with Gasteiger partial charge in [0.1, 0.15) is 6.04 Å². The number of carboxylic acids is 1. The monoisotopic (exact) mass is 169 g/mol. The molecule has 0 aromatic heterocycles. The normalized spacial score (nSPS) is 37.8. The highest BCUT2D eigenvalue weighted by atomic mass is 16.4. The minimum atomic E-state index is -0.852. The summed E-state index contributed by atoms with van der Waals surface area (Å²) in [5, 5.41) is 8.84. The van der Waals surface area contributed by atoms with Crippen molar-refractivity contribution in [3.8, 4) is 0 Å². The van der Waals surface area contributed by atoms with Crippen LogP contribution in [0.25, 0.3) is 0 Å². The van der Waals surface area contributed by atoms with E-state index in [9.17, 15) is 9.59 Å². The van der Waals surface area contributed by atoms with Gasteiger partial charge in [0.2, 0.25) is 5.91 Å². The number of fused-ring (bicyclic) bond motifs is 1. The van der Waals surface area contributed by atoms with Gasteiger partial charge in [-0.1, -0.05) is 0 Å². The number of carboxylic acid groups (broad SMARTS) is 1. The highest BCUT2D eigenvalue weighted by Gasteiger charge is 2.54. The Morgan fingerprint density at radius 2 is 2.00 bits per heavy atom. The van der Waals surface area contributed by atoms with Crippen molar-refractivity contribution < 1.29 is 14.7 Å². The summed E-state index contributed by atoms with van der Waals surface area (Å²) in [5.41, 5.74) is 0. The number of carbonyl (C=O) groups is 2. The predicted molar refractivity (Wildman–Crippen MR) is 40.5 cm³/mol. The van der Waals surface area contributed by atoms with Crippen molar-refractivity contribution in [3.05, 3.63) is 0 Å². The van der Waals surface area contributed by atoms with Gasteiger partial charge in [0, 0.05) is 13.0 Å². The van der Waals surface area contributed by atoms with Crippen LogP contribution in [0.2, 0.25) is 0 Å². The van der Waals surface area contributed by atoms with Crippen LogP contribution in [0.15, 0.2) is 0 Å². The molecule has 2 aliphatic heterocycles. The van der Waals surface area contributed by atoms with Gasteiger partial charge in [-0.25, -0.2) is 4.79 Å². The molecule has 12 heavy (non-hydrogen) atoms. The number of nitrogens with zero attached hydrogens (tertiary/aromatic N) is 1. The fraction of sp³-hybridized carbons (Fsp3) is 0.750. The lowest BCUT2D eigenvalue weighted by Gasteiger charge is -2.24. The molecule has 2 saturated heterocycles. The lowest BCUT2D eigenvalue weighted by atomic mass is 9.83. The molecule has 4 heteroatoms. The van der Waals surface area contributed by atoms with Crippen LogP contribution >= 0.6 is 0 Å². The van der Waals surface area contributed by atoms with Crippen molar-refractivity contribution >= 4 is 11.9 Å². The van der Waals surface area contributed by atoms with Crippen LogP contribution in [0.5, 0.6) is 0 Å². The summed E-state index contributed by atoms with van der Waals surface area (Å²) in [6.45, 7) is 1.44. The fourth-order valence-corrected chi connectivity index (χ4v) is 2.34. The molecule has 66 valence electrons. The molecule has 0 spiro atoms. The minimum Gasteiger partial charge on any atom is -0.480 e. The largest absolute Gasteiger partial charge is 0.480 e. The lowest BCUT2D eigenvalue weighted by molar-refractivity contribution is -0.147. The molecule has 0 unspecified atom stereocenters. The second kappa shape index (κ2) is 2.21. The average molecular weight is 169 g/mol. The van der Waals surface area contributed by atoms with Gasteiger partial charge in [-0.15, -0.1) is 0 Å². The Balaban J connectivity index is 2.22. The van der Waals surface area contributed by atoms with E-state index in [0.717, 1.165) is 12.8 Å². The third-order valence-corrected chi connectivity index (χ3v) is 2.91. The van der Waals surface area contributed by atoms with Crippen LogP contribution in [-0.4, -0.2) is 34.0 Å². The maximum Gasteiger partial charge on any atom is 0.326 e. The fourth-order valence-electron chi connectivity index (χ4n) is 2.34. The van der Waals surface area contributed by atoms with E-state index in [2.05, 4.69) is 0 Å². The number of aliphatic carboxylic acids is 1. The summed E-state index contributed by atoms with van der Waals surface area (Å²) in [7, 11) is 0. The van der Waals surface area contributed by atoms with Gasteiger partial charge < -0.3 is 10.0 Å². The zero-order valence-electron chi connectivity index (χ0n) is 6.86. The van der Waals surface area contributed by atoms with Crippen LogP contribution in [0.1, 0.15) is 19.8 Å². The van der Waals surface area contributed by atoms with E-state index >= 15 is 0 Å². The molecule has 1 N–H and O–H groups in total. The highest BCUT2D eigenvalue weighted by molar-refractivity contribution is 5.84. The highest BCUT2D eigenvalue weighted by Crippen LogP contribution is 2.45. The molecule has 3 rings (SSSR count). The summed E-state index contributed by atoms with van der Waals surface area (Å²) < 4.78 is 0.